The fraction of sp³-hybridized carbons (Fsp3) is 0.167. The van der Waals surface area contributed by atoms with Gasteiger partial charge in [-0.05, 0) is 42.8 Å². The highest BCUT2D eigenvalue weighted by molar-refractivity contribution is 9.10. The molecule has 0 radical (unpaired) electrons. The topological polar surface area (TPSA) is 61.8 Å². The van der Waals surface area contributed by atoms with Crippen molar-refractivity contribution in [2.45, 2.75) is 19.8 Å². The molecule has 1 aliphatic heterocycles. The van der Waals surface area contributed by atoms with Gasteiger partial charge in [-0.15, -0.1) is 0 Å². The number of amides is 2. The second-order valence-corrected chi connectivity index (χ2v) is 6.59. The highest BCUT2D eigenvalue weighted by Crippen LogP contribution is 2.23. The molecule has 0 bridgehead atoms. The number of nitrogens with zero attached hydrogens (tertiary/aromatic N) is 2. The van der Waals surface area contributed by atoms with Gasteiger partial charge in [0.05, 0.1) is 11.4 Å². The van der Waals surface area contributed by atoms with Crippen molar-refractivity contribution in [1.82, 2.24) is 0 Å². The minimum Gasteiger partial charge on any atom is -0.318 e. The van der Waals surface area contributed by atoms with Gasteiger partial charge in [-0.3, -0.25) is 9.59 Å². The summed E-state index contributed by atoms with van der Waals surface area (Å²) in [4.78, 5) is 24.5. The van der Waals surface area contributed by atoms with Crippen LogP contribution >= 0.6 is 15.9 Å². The van der Waals surface area contributed by atoms with E-state index in [0.29, 0.717) is 10.2 Å². The minimum absolute atomic E-state index is 0.0647. The molecule has 2 aromatic carbocycles. The number of halogens is 2. The molecule has 128 valence electrons. The fourth-order valence-electron chi connectivity index (χ4n) is 2.46. The van der Waals surface area contributed by atoms with Crippen LogP contribution in [0.15, 0.2) is 52.0 Å². The predicted octanol–water partition coefficient (Wildman–Crippen LogP) is 4.02. The van der Waals surface area contributed by atoms with Gasteiger partial charge in [-0.1, -0.05) is 28.1 Å². The molecule has 2 amide bonds. The Kier molecular flexibility index (Phi) is 4.94. The van der Waals surface area contributed by atoms with E-state index < -0.39 is 11.7 Å². The van der Waals surface area contributed by atoms with Crippen molar-refractivity contribution < 1.29 is 14.0 Å². The van der Waals surface area contributed by atoms with Gasteiger partial charge in [0.25, 0.3) is 5.91 Å². The molecule has 0 spiro atoms. The van der Waals surface area contributed by atoms with Crippen molar-refractivity contribution in [1.29, 1.82) is 0 Å². The molecule has 0 saturated carbocycles. The predicted molar refractivity (Wildman–Crippen MR) is 98.1 cm³/mol. The normalized spacial score (nSPS) is 14.3. The zero-order valence-corrected chi connectivity index (χ0v) is 15.0. The number of hydrazone groups is 1. The second kappa shape index (κ2) is 7.14. The Morgan fingerprint density at radius 2 is 2.04 bits per heavy atom. The summed E-state index contributed by atoms with van der Waals surface area (Å²) in [6.45, 7) is 1.91. The average molecular weight is 404 g/mol. The monoisotopic (exact) mass is 403 g/mol. The van der Waals surface area contributed by atoms with E-state index >= 15 is 0 Å². The zero-order chi connectivity index (χ0) is 18.0. The molecule has 2 aromatic rings. The van der Waals surface area contributed by atoms with Crippen LogP contribution in [0.5, 0.6) is 0 Å². The molecule has 3 rings (SSSR count). The molecule has 1 heterocycles. The van der Waals surface area contributed by atoms with Crippen LogP contribution in [0.1, 0.15) is 18.4 Å². The van der Waals surface area contributed by atoms with Crippen LogP contribution in [0, 0.1) is 12.7 Å². The van der Waals surface area contributed by atoms with Crippen LogP contribution in [-0.2, 0) is 9.59 Å². The van der Waals surface area contributed by atoms with E-state index in [4.69, 9.17) is 0 Å². The van der Waals surface area contributed by atoms with Crippen molar-refractivity contribution in [3.63, 3.8) is 0 Å². The van der Waals surface area contributed by atoms with Gasteiger partial charge in [0.2, 0.25) is 5.91 Å². The minimum atomic E-state index is -0.550. The third-order valence-electron chi connectivity index (χ3n) is 3.72. The molecule has 1 N–H and O–H groups in total. The lowest BCUT2D eigenvalue weighted by molar-refractivity contribution is -0.118. The fourth-order valence-corrected chi connectivity index (χ4v) is 2.80. The summed E-state index contributed by atoms with van der Waals surface area (Å²) in [5, 5.41) is 7.90. The molecule has 0 aromatic heterocycles. The first-order valence-electron chi connectivity index (χ1n) is 7.67. The first kappa shape index (κ1) is 17.3. The second-order valence-electron chi connectivity index (χ2n) is 5.67. The first-order chi connectivity index (χ1) is 11.9. The highest BCUT2D eigenvalue weighted by atomic mass is 79.9. The summed E-state index contributed by atoms with van der Waals surface area (Å²) in [5.74, 6) is -1.26. The van der Waals surface area contributed by atoms with Gasteiger partial charge < -0.3 is 5.32 Å². The van der Waals surface area contributed by atoms with Crippen molar-refractivity contribution in [2.75, 3.05) is 10.3 Å². The summed E-state index contributed by atoms with van der Waals surface area (Å²) in [7, 11) is 0. The lowest BCUT2D eigenvalue weighted by Gasteiger charge is -2.23. The molecule has 0 fully saturated rings. The van der Waals surface area contributed by atoms with Crippen molar-refractivity contribution in [2.24, 2.45) is 5.10 Å². The van der Waals surface area contributed by atoms with Gasteiger partial charge in [-0.25, -0.2) is 9.40 Å². The third kappa shape index (κ3) is 3.93. The Morgan fingerprint density at radius 3 is 2.76 bits per heavy atom. The smallest absolute Gasteiger partial charge is 0.271 e. The number of anilines is 2. The van der Waals surface area contributed by atoms with Gasteiger partial charge in [0.15, 0.2) is 0 Å². The van der Waals surface area contributed by atoms with Crippen molar-refractivity contribution in [3.05, 3.63) is 58.3 Å². The van der Waals surface area contributed by atoms with Crippen LogP contribution in [0.2, 0.25) is 0 Å². The van der Waals surface area contributed by atoms with E-state index in [0.717, 1.165) is 5.56 Å². The molecule has 7 heteroatoms. The number of hydrogen-bond acceptors (Lipinski definition) is 3. The summed E-state index contributed by atoms with van der Waals surface area (Å²) in [6, 6.07) is 11.7. The lowest BCUT2D eigenvalue weighted by atomic mass is 10.1. The van der Waals surface area contributed by atoms with Crippen molar-refractivity contribution in [3.8, 4) is 0 Å². The van der Waals surface area contributed by atoms with E-state index in [2.05, 4.69) is 26.3 Å². The van der Waals surface area contributed by atoms with E-state index in [1.165, 1.54) is 17.1 Å². The van der Waals surface area contributed by atoms with Gasteiger partial charge in [0.1, 0.15) is 11.5 Å². The summed E-state index contributed by atoms with van der Waals surface area (Å²) in [6.07, 6.45) is 0.383. The highest BCUT2D eigenvalue weighted by Gasteiger charge is 2.26. The van der Waals surface area contributed by atoms with E-state index in [-0.39, 0.29) is 30.1 Å². The molecule has 0 saturated heterocycles. The summed E-state index contributed by atoms with van der Waals surface area (Å²) >= 11 is 3.16. The molecular weight excluding hydrogens is 389 g/mol. The summed E-state index contributed by atoms with van der Waals surface area (Å²) < 4.78 is 14.5. The lowest BCUT2D eigenvalue weighted by Crippen LogP contribution is -2.36. The number of aryl methyl sites for hydroxylation is 1. The average Bonchev–Trinajstić information content (AvgIpc) is 2.57. The molecule has 25 heavy (non-hydrogen) atoms. The van der Waals surface area contributed by atoms with Crippen LogP contribution in [0.25, 0.3) is 0 Å². The molecule has 1 aliphatic rings. The quantitative estimate of drug-likeness (QED) is 0.840. The maximum atomic E-state index is 13.9. The number of benzene rings is 2. The Bertz CT molecular complexity index is 882. The molecular formula is C18H15BrFN3O2. The Balaban J connectivity index is 1.84. The van der Waals surface area contributed by atoms with Gasteiger partial charge >= 0.3 is 0 Å². The molecule has 0 atom stereocenters. The number of hydrogen-bond donors (Lipinski definition) is 1. The first-order valence-corrected chi connectivity index (χ1v) is 8.47. The third-order valence-corrected chi connectivity index (χ3v) is 4.21. The van der Waals surface area contributed by atoms with E-state index in [9.17, 15) is 14.0 Å². The van der Waals surface area contributed by atoms with Crippen LogP contribution < -0.4 is 10.3 Å². The summed E-state index contributed by atoms with van der Waals surface area (Å²) in [5.41, 5.74) is 1.83. The number of nitrogens with one attached hydrogen (secondary N) is 1. The standard InChI is InChI=1S/C18H15BrFN3O2/c1-11-3-2-4-13(9-11)23-17(24)8-7-16(22-23)18(25)21-15-6-5-12(19)10-14(15)20/h2-6,9-10H,7-8H2,1H3,(H,21,25). The van der Waals surface area contributed by atoms with Crippen LogP contribution in [0.4, 0.5) is 15.8 Å². The van der Waals surface area contributed by atoms with Gasteiger partial charge in [0, 0.05) is 17.3 Å². The van der Waals surface area contributed by atoms with Gasteiger partial charge in [-0.2, -0.15) is 5.10 Å². The maximum Gasteiger partial charge on any atom is 0.271 e. The maximum absolute atomic E-state index is 13.9. The largest absolute Gasteiger partial charge is 0.318 e. The Labute approximate surface area is 152 Å². The molecule has 5 nitrogen and oxygen atoms in total. The number of rotatable bonds is 3. The van der Waals surface area contributed by atoms with E-state index in [1.807, 2.05) is 25.1 Å². The number of carbonyl (C=O) groups is 2. The molecule has 0 unspecified atom stereocenters. The number of carbonyl (C=O) groups excluding carboxylic acids is 2. The zero-order valence-electron chi connectivity index (χ0n) is 13.4. The molecule has 0 aliphatic carbocycles. The van der Waals surface area contributed by atoms with Crippen molar-refractivity contribution >= 4 is 44.8 Å². The van der Waals surface area contributed by atoms with E-state index in [1.54, 1.807) is 12.1 Å². The SMILES string of the molecule is Cc1cccc(N2N=C(C(=O)Nc3ccc(Br)cc3F)CCC2=O)c1. The Morgan fingerprint density at radius 1 is 1.24 bits per heavy atom. The van der Waals surface area contributed by atoms with Crippen LogP contribution in [0.3, 0.4) is 0 Å². The Hall–Kier alpha value is -2.54. The van der Waals surface area contributed by atoms with Crippen LogP contribution in [-0.4, -0.2) is 17.5 Å².